The first kappa shape index (κ1) is 49.6. The van der Waals surface area contributed by atoms with Gasteiger partial charge in [0.05, 0.1) is 36.9 Å². The maximum atomic E-state index is 13.2. The molecular formula is C42H69NO15. The number of methoxy groups -OCH3 is 1. The number of carbonyl (C=O) groups excluding carboxylic acids is 4. The van der Waals surface area contributed by atoms with E-state index in [1.165, 1.54) is 14.0 Å². The molecule has 16 atom stereocenters. The van der Waals surface area contributed by atoms with Crippen LogP contribution in [0.2, 0.25) is 0 Å². The Morgan fingerprint density at radius 2 is 1.71 bits per heavy atom. The summed E-state index contributed by atoms with van der Waals surface area (Å²) in [6, 6.07) is -0.782. The number of ether oxygens (including phenoxy) is 8. The molecule has 0 saturated carbocycles. The lowest BCUT2D eigenvalue weighted by molar-refractivity contribution is -0.344. The van der Waals surface area contributed by atoms with E-state index in [2.05, 4.69) is 0 Å². The second-order valence-electron chi connectivity index (χ2n) is 17.0. The summed E-state index contributed by atoms with van der Waals surface area (Å²) in [6.45, 7) is 13.5. The zero-order valence-corrected chi connectivity index (χ0v) is 36.1. The number of carbonyl (C=O) groups is 4. The molecule has 0 unspecified atom stereocenters. The summed E-state index contributed by atoms with van der Waals surface area (Å²) in [5.41, 5.74) is -1.50. The van der Waals surface area contributed by atoms with Crippen LogP contribution < -0.4 is 0 Å². The molecule has 16 heteroatoms. The van der Waals surface area contributed by atoms with Gasteiger partial charge in [0.2, 0.25) is 0 Å². The maximum Gasteiger partial charge on any atom is 0.309 e. The minimum Gasteiger partial charge on any atom is -0.462 e. The molecule has 2 fully saturated rings. The number of cyclic esters (lactones) is 1. The number of aldehydes is 1. The van der Waals surface area contributed by atoms with Crippen LogP contribution in [-0.4, -0.2) is 151 Å². The van der Waals surface area contributed by atoms with Gasteiger partial charge in [0.15, 0.2) is 18.7 Å². The molecule has 0 aromatic rings. The summed E-state index contributed by atoms with van der Waals surface area (Å²) in [6.07, 6.45) is -4.11. The topological polar surface area (TPSA) is 206 Å². The van der Waals surface area contributed by atoms with Crippen molar-refractivity contribution in [2.75, 3.05) is 21.2 Å². The van der Waals surface area contributed by atoms with Crippen LogP contribution in [0, 0.1) is 17.8 Å². The van der Waals surface area contributed by atoms with Crippen molar-refractivity contribution < 1.29 is 72.4 Å². The highest BCUT2D eigenvalue weighted by atomic mass is 16.7. The molecule has 2 saturated heterocycles. The number of aliphatic hydroxyl groups is 3. The van der Waals surface area contributed by atoms with Crippen molar-refractivity contribution in [2.45, 2.75) is 179 Å². The van der Waals surface area contributed by atoms with Crippen LogP contribution in [0.5, 0.6) is 0 Å². The fourth-order valence-electron chi connectivity index (χ4n) is 8.08. The zero-order chi connectivity index (χ0) is 43.5. The summed E-state index contributed by atoms with van der Waals surface area (Å²) in [7, 11) is 4.86. The van der Waals surface area contributed by atoms with Crippen LogP contribution in [0.1, 0.15) is 93.9 Å². The van der Waals surface area contributed by atoms with Crippen molar-refractivity contribution in [1.82, 2.24) is 4.90 Å². The Bertz CT molecular complexity index is 1390. The molecule has 0 amide bonds. The third kappa shape index (κ3) is 14.2. The number of hydrogen-bond acceptors (Lipinski definition) is 16. The summed E-state index contributed by atoms with van der Waals surface area (Å²) >= 11 is 0. The van der Waals surface area contributed by atoms with Crippen molar-refractivity contribution in [3.63, 3.8) is 0 Å². The number of aliphatic hydroxyl groups excluding tert-OH is 2. The second kappa shape index (κ2) is 22.7. The van der Waals surface area contributed by atoms with Gasteiger partial charge in [0.1, 0.15) is 42.4 Å². The van der Waals surface area contributed by atoms with E-state index in [1.54, 1.807) is 71.0 Å². The van der Waals surface area contributed by atoms with Crippen LogP contribution >= 0.6 is 0 Å². The Kier molecular flexibility index (Phi) is 19.4. The molecule has 0 aliphatic carbocycles. The Balaban J connectivity index is 1.98. The van der Waals surface area contributed by atoms with Gasteiger partial charge in [-0.3, -0.25) is 14.4 Å². The first-order valence-corrected chi connectivity index (χ1v) is 20.4. The molecule has 3 rings (SSSR count). The quantitative estimate of drug-likeness (QED) is 0.147. The number of esters is 3. The number of hydrogen-bond donors (Lipinski definition) is 3. The summed E-state index contributed by atoms with van der Waals surface area (Å²) in [5.74, 6) is -2.82. The van der Waals surface area contributed by atoms with Gasteiger partial charge in [-0.05, 0) is 66.0 Å². The van der Waals surface area contributed by atoms with E-state index >= 15 is 0 Å². The van der Waals surface area contributed by atoms with Gasteiger partial charge in [0.25, 0.3) is 0 Å². The standard InChI is InChI=1S/C42H69NO15/c1-23(2)19-32(47)56-40-27(6)53-34(22-42(40,8)50)57-37-26(5)54-41(36(49)35(37)43(9)10)58-38-29(17-18-44)20-24(3)30(46)16-14-12-13-15-25(4)52-33(48)21-31(39(38)51-11)55-28(7)45/h12-14,16,18,23-27,29-31,34-41,46,49-50H,15,17,19-22H2,1-11H3/t24-,25-,26-,27+,29+,30+,31-,34-,35-,36+,37+,38+,39-,40-,41+,42+/m1/s1. The van der Waals surface area contributed by atoms with E-state index in [9.17, 15) is 34.5 Å². The van der Waals surface area contributed by atoms with Crippen LogP contribution in [0.4, 0.5) is 0 Å². The lowest BCUT2D eigenvalue weighted by atomic mass is 9.82. The highest BCUT2D eigenvalue weighted by molar-refractivity contribution is 5.72. The Morgan fingerprint density at radius 1 is 1.02 bits per heavy atom. The molecule has 0 aromatic carbocycles. The fourth-order valence-corrected chi connectivity index (χ4v) is 8.08. The van der Waals surface area contributed by atoms with Crippen LogP contribution in [0.25, 0.3) is 0 Å². The van der Waals surface area contributed by atoms with Crippen LogP contribution in [-0.2, 0) is 57.1 Å². The van der Waals surface area contributed by atoms with E-state index < -0.39 is 121 Å². The number of allylic oxidation sites excluding steroid dienone is 2. The van der Waals surface area contributed by atoms with Gasteiger partial charge in [-0.1, -0.05) is 45.1 Å². The van der Waals surface area contributed by atoms with E-state index in [0.29, 0.717) is 12.7 Å². The smallest absolute Gasteiger partial charge is 0.309 e. The summed E-state index contributed by atoms with van der Waals surface area (Å²) in [5, 5.41) is 34.6. The summed E-state index contributed by atoms with van der Waals surface area (Å²) in [4.78, 5) is 52.3. The average Bonchev–Trinajstić information content (AvgIpc) is 3.09. The Morgan fingerprint density at radius 3 is 2.29 bits per heavy atom. The van der Waals surface area contributed by atoms with E-state index in [1.807, 2.05) is 20.8 Å². The Labute approximate surface area is 343 Å². The molecule has 3 heterocycles. The highest BCUT2D eigenvalue weighted by Crippen LogP contribution is 2.38. The van der Waals surface area contributed by atoms with Gasteiger partial charge in [0, 0.05) is 39.7 Å². The Hall–Kier alpha value is -2.80. The van der Waals surface area contributed by atoms with E-state index in [4.69, 9.17) is 37.9 Å². The predicted molar refractivity (Wildman–Crippen MR) is 210 cm³/mol. The lowest BCUT2D eigenvalue weighted by Gasteiger charge is -2.50. The number of nitrogens with zero attached hydrogens (tertiary/aromatic N) is 1. The van der Waals surface area contributed by atoms with E-state index in [-0.39, 0.29) is 31.6 Å². The molecule has 16 nitrogen and oxygen atoms in total. The molecule has 3 N–H and O–H groups in total. The van der Waals surface area contributed by atoms with Crippen molar-refractivity contribution in [3.05, 3.63) is 24.3 Å². The molecular weight excluding hydrogens is 758 g/mol. The van der Waals surface area contributed by atoms with Crippen LogP contribution in [0.3, 0.4) is 0 Å². The molecule has 3 aliphatic heterocycles. The summed E-state index contributed by atoms with van der Waals surface area (Å²) < 4.78 is 48.6. The van der Waals surface area contributed by atoms with Gasteiger partial charge in [-0.25, -0.2) is 0 Å². The predicted octanol–water partition coefficient (Wildman–Crippen LogP) is 3.01. The van der Waals surface area contributed by atoms with Crippen LogP contribution in [0.15, 0.2) is 24.3 Å². The van der Waals surface area contributed by atoms with Crippen molar-refractivity contribution in [1.29, 1.82) is 0 Å². The fraction of sp³-hybridized carbons (Fsp3) is 0.810. The lowest BCUT2D eigenvalue weighted by Crippen LogP contribution is -2.66. The van der Waals surface area contributed by atoms with Crippen molar-refractivity contribution >= 4 is 24.2 Å². The molecule has 0 spiro atoms. The molecule has 0 radical (unpaired) electrons. The molecule has 332 valence electrons. The minimum absolute atomic E-state index is 0.0460. The SMILES string of the molecule is CO[C@H]1[C@@H](O[C@@H]2O[C@H](C)[C@H](O[C@@H]3C[C@](C)(O)[C@H](OC(=O)CC(C)C)[C@H](C)O3)[C@H](N(C)C)[C@@H]2O)[C@@H](CC=O)C[C@@H](C)[C@@H](O)C=CC=CC[C@@H](C)OC(=O)C[C@H]1OC(C)=O. The molecule has 0 aromatic heterocycles. The normalized spacial score (nSPS) is 39.6. The number of rotatable bonds is 12. The highest BCUT2D eigenvalue weighted by Gasteiger charge is 2.53. The van der Waals surface area contributed by atoms with E-state index in [0.717, 1.165) is 0 Å². The minimum atomic E-state index is -1.50. The zero-order valence-electron chi connectivity index (χ0n) is 36.1. The van der Waals surface area contributed by atoms with Gasteiger partial charge < -0.3 is 62.9 Å². The monoisotopic (exact) mass is 827 g/mol. The maximum absolute atomic E-state index is 13.2. The van der Waals surface area contributed by atoms with Gasteiger partial charge in [-0.15, -0.1) is 0 Å². The largest absolute Gasteiger partial charge is 0.462 e. The van der Waals surface area contributed by atoms with Gasteiger partial charge in [-0.2, -0.15) is 0 Å². The first-order valence-electron chi connectivity index (χ1n) is 20.4. The van der Waals surface area contributed by atoms with Crippen molar-refractivity contribution in [3.8, 4) is 0 Å². The van der Waals surface area contributed by atoms with Gasteiger partial charge >= 0.3 is 17.9 Å². The number of likely N-dealkylation sites (N-methyl/N-ethyl adjacent to an activating group) is 1. The average molecular weight is 828 g/mol. The molecule has 3 aliphatic rings. The molecule has 0 bridgehead atoms. The van der Waals surface area contributed by atoms with Crippen molar-refractivity contribution in [2.24, 2.45) is 17.8 Å². The molecule has 58 heavy (non-hydrogen) atoms. The third-order valence-electron chi connectivity index (χ3n) is 10.9. The second-order valence-corrected chi connectivity index (χ2v) is 17.0. The first-order chi connectivity index (χ1) is 27.2. The third-order valence-corrected chi connectivity index (χ3v) is 10.9.